The average Bonchev–Trinajstić information content (AvgIpc) is 3.24. The zero-order chi connectivity index (χ0) is 21.7. The predicted molar refractivity (Wildman–Crippen MR) is 118 cm³/mol. The van der Waals surface area contributed by atoms with E-state index in [0.29, 0.717) is 19.3 Å². The summed E-state index contributed by atoms with van der Waals surface area (Å²) in [6.07, 6.45) is 8.55. The number of carboxylic acids is 1. The van der Waals surface area contributed by atoms with Crippen molar-refractivity contribution < 1.29 is 24.9 Å². The molecule has 3 N–H and O–H groups in total. The van der Waals surface area contributed by atoms with E-state index < -0.39 is 23.6 Å². The number of benzene rings is 1. The first kappa shape index (κ1) is 22.4. The lowest BCUT2D eigenvalue weighted by molar-refractivity contribution is -0.137. The van der Waals surface area contributed by atoms with Gasteiger partial charge >= 0.3 is 5.97 Å². The molecule has 3 rings (SSSR count). The lowest BCUT2D eigenvalue weighted by Crippen LogP contribution is -2.21. The molecule has 1 aliphatic carbocycles. The summed E-state index contributed by atoms with van der Waals surface area (Å²) in [7, 11) is 0. The third-order valence-electron chi connectivity index (χ3n) is 5.63. The van der Waals surface area contributed by atoms with Gasteiger partial charge in [0.05, 0.1) is 6.10 Å². The maximum Gasteiger partial charge on any atom is 0.303 e. The van der Waals surface area contributed by atoms with Crippen molar-refractivity contribution in [2.24, 2.45) is 11.8 Å². The van der Waals surface area contributed by atoms with Crippen LogP contribution in [0.3, 0.4) is 0 Å². The molecule has 0 saturated heterocycles. The van der Waals surface area contributed by atoms with Crippen LogP contribution in [0.1, 0.15) is 43.9 Å². The number of carboxylic acid groups (broad SMARTS) is 1. The minimum atomic E-state index is -1.20. The molecule has 4 atom stereocenters. The number of ketones is 1. The Morgan fingerprint density at radius 3 is 2.80 bits per heavy atom. The number of fused-ring (bicyclic) bond motifs is 1. The number of hydrogen-bond donors (Lipinski definition) is 3. The van der Waals surface area contributed by atoms with Gasteiger partial charge in [0.1, 0.15) is 11.4 Å². The van der Waals surface area contributed by atoms with Crippen LogP contribution in [0.15, 0.2) is 54.6 Å². The summed E-state index contributed by atoms with van der Waals surface area (Å²) in [6, 6.07) is 9.91. The normalized spacial score (nSPS) is 24.2. The van der Waals surface area contributed by atoms with Crippen LogP contribution in [0, 0.1) is 11.8 Å². The summed E-state index contributed by atoms with van der Waals surface area (Å²) >= 11 is 1.52. The second-order valence-electron chi connectivity index (χ2n) is 8.08. The summed E-state index contributed by atoms with van der Waals surface area (Å²) in [4.78, 5) is 23.8. The Morgan fingerprint density at radius 1 is 1.30 bits per heavy atom. The van der Waals surface area contributed by atoms with Crippen LogP contribution in [0.25, 0.3) is 10.1 Å². The van der Waals surface area contributed by atoms with Crippen LogP contribution >= 0.6 is 11.3 Å². The monoisotopic (exact) mass is 428 g/mol. The number of unbranched alkanes of at least 4 members (excludes halogenated alkanes) is 1. The van der Waals surface area contributed by atoms with Gasteiger partial charge in [0.25, 0.3) is 0 Å². The number of aliphatic hydroxyl groups excluding tert-OH is 1. The molecule has 0 spiro atoms. The molecule has 30 heavy (non-hydrogen) atoms. The topological polar surface area (TPSA) is 94.8 Å². The molecular weight excluding hydrogens is 400 g/mol. The standard InChI is InChI=1S/C24H28O5S/c1-24(29,22-14-16-8-6-7-10-21(16)30-22)13-12-18-17(19(25)15-20(18)26)9-4-2-3-5-11-23(27)28/h2,4,6-8,10,12-14,17-19,25,29H,3,5,9,11,15H2,1H3,(H,27,28)/t17-,18-,19+,24-/m1/s1. The van der Waals surface area contributed by atoms with E-state index in [1.807, 2.05) is 42.5 Å². The molecule has 0 unspecified atom stereocenters. The lowest BCUT2D eigenvalue weighted by atomic mass is 9.89. The first-order valence-electron chi connectivity index (χ1n) is 10.3. The van der Waals surface area contributed by atoms with E-state index in [2.05, 4.69) is 0 Å². The number of aliphatic hydroxyl groups is 2. The van der Waals surface area contributed by atoms with Gasteiger partial charge in [-0.2, -0.15) is 0 Å². The highest BCUT2D eigenvalue weighted by atomic mass is 32.1. The average molecular weight is 429 g/mol. The van der Waals surface area contributed by atoms with Gasteiger partial charge in [0, 0.05) is 34.3 Å². The SMILES string of the molecule is C[C@@](O)(C=C[C@H]1C(=O)C[C@H](O)[C@@H]1CC=CCCCC(=O)O)c1cc2ccccc2s1. The van der Waals surface area contributed by atoms with Crippen LogP contribution < -0.4 is 0 Å². The number of Topliss-reactive ketones (excluding diaryl/α,β-unsaturated/α-hetero) is 1. The van der Waals surface area contributed by atoms with Gasteiger partial charge < -0.3 is 15.3 Å². The fraction of sp³-hybridized carbons (Fsp3) is 0.417. The smallest absolute Gasteiger partial charge is 0.303 e. The van der Waals surface area contributed by atoms with Crippen LogP contribution in [0.4, 0.5) is 0 Å². The van der Waals surface area contributed by atoms with Gasteiger partial charge in [-0.15, -0.1) is 11.3 Å². The Labute approximate surface area is 180 Å². The third kappa shape index (κ3) is 5.45. The Hall–Kier alpha value is -2.28. The molecule has 6 heteroatoms. The van der Waals surface area contributed by atoms with E-state index in [0.717, 1.165) is 15.0 Å². The number of carbonyl (C=O) groups excluding carboxylic acids is 1. The molecule has 0 radical (unpaired) electrons. The molecule has 5 nitrogen and oxygen atoms in total. The van der Waals surface area contributed by atoms with E-state index in [-0.39, 0.29) is 24.5 Å². The summed E-state index contributed by atoms with van der Waals surface area (Å²) in [5.74, 6) is -1.50. The maximum atomic E-state index is 12.4. The lowest BCUT2D eigenvalue weighted by Gasteiger charge is -2.20. The molecule has 1 aromatic carbocycles. The summed E-state index contributed by atoms with van der Waals surface area (Å²) < 4.78 is 1.10. The molecule has 1 saturated carbocycles. The minimum absolute atomic E-state index is 0.0184. The summed E-state index contributed by atoms with van der Waals surface area (Å²) in [5.41, 5.74) is -1.20. The predicted octanol–water partition coefficient (Wildman–Crippen LogP) is 4.43. The number of rotatable bonds is 9. The highest BCUT2D eigenvalue weighted by Gasteiger charge is 2.39. The fourth-order valence-electron chi connectivity index (χ4n) is 3.87. The van der Waals surface area contributed by atoms with Crippen molar-refractivity contribution in [1.82, 2.24) is 0 Å². The van der Waals surface area contributed by atoms with E-state index in [1.165, 1.54) is 11.3 Å². The number of thiophene rings is 1. The van der Waals surface area contributed by atoms with E-state index >= 15 is 0 Å². The summed E-state index contributed by atoms with van der Waals surface area (Å²) in [6.45, 7) is 1.71. The molecule has 0 aliphatic heterocycles. The number of carbonyl (C=O) groups is 2. The molecule has 1 heterocycles. The first-order chi connectivity index (χ1) is 14.3. The van der Waals surface area contributed by atoms with E-state index in [4.69, 9.17) is 5.11 Å². The molecule has 1 aliphatic rings. The quantitative estimate of drug-likeness (QED) is 0.406. The first-order valence-corrected chi connectivity index (χ1v) is 11.1. The van der Waals surface area contributed by atoms with Crippen molar-refractivity contribution in [3.63, 3.8) is 0 Å². The molecule has 160 valence electrons. The van der Waals surface area contributed by atoms with Crippen molar-refractivity contribution in [2.45, 2.75) is 50.7 Å². The molecule has 0 amide bonds. The van der Waals surface area contributed by atoms with Gasteiger partial charge in [-0.3, -0.25) is 9.59 Å². The molecule has 0 bridgehead atoms. The van der Waals surface area contributed by atoms with Crippen molar-refractivity contribution in [3.8, 4) is 0 Å². The zero-order valence-electron chi connectivity index (χ0n) is 17.0. The highest BCUT2D eigenvalue weighted by Crippen LogP contribution is 2.37. The van der Waals surface area contributed by atoms with Crippen LogP contribution in [-0.4, -0.2) is 33.2 Å². The number of allylic oxidation sites excluding steroid dienone is 3. The Kier molecular flexibility index (Phi) is 7.23. The van der Waals surface area contributed by atoms with E-state index in [9.17, 15) is 19.8 Å². The number of aliphatic carboxylic acids is 1. The van der Waals surface area contributed by atoms with Crippen LogP contribution in [0.5, 0.6) is 0 Å². The van der Waals surface area contributed by atoms with Gasteiger partial charge in [-0.1, -0.05) is 42.5 Å². The fourth-order valence-corrected chi connectivity index (χ4v) is 4.96. The number of hydrogen-bond acceptors (Lipinski definition) is 5. The van der Waals surface area contributed by atoms with Crippen molar-refractivity contribution in [3.05, 3.63) is 59.5 Å². The molecule has 2 aromatic rings. The van der Waals surface area contributed by atoms with Gasteiger partial charge in [-0.25, -0.2) is 0 Å². The Morgan fingerprint density at radius 2 is 2.07 bits per heavy atom. The second kappa shape index (κ2) is 9.69. The Balaban J connectivity index is 1.67. The maximum absolute atomic E-state index is 12.4. The Bertz CT molecular complexity index is 922. The van der Waals surface area contributed by atoms with Crippen molar-refractivity contribution in [2.75, 3.05) is 0 Å². The van der Waals surface area contributed by atoms with Gasteiger partial charge in [0.15, 0.2) is 0 Å². The minimum Gasteiger partial charge on any atom is -0.481 e. The largest absolute Gasteiger partial charge is 0.481 e. The van der Waals surface area contributed by atoms with E-state index in [1.54, 1.807) is 19.1 Å². The van der Waals surface area contributed by atoms with Crippen LogP contribution in [-0.2, 0) is 15.2 Å². The second-order valence-corrected chi connectivity index (χ2v) is 9.16. The van der Waals surface area contributed by atoms with Crippen molar-refractivity contribution >= 4 is 33.2 Å². The summed E-state index contributed by atoms with van der Waals surface area (Å²) in [5, 5.41) is 31.1. The molecule has 1 fully saturated rings. The third-order valence-corrected chi connectivity index (χ3v) is 6.97. The van der Waals surface area contributed by atoms with Crippen LogP contribution in [0.2, 0.25) is 0 Å². The zero-order valence-corrected chi connectivity index (χ0v) is 17.8. The van der Waals surface area contributed by atoms with Gasteiger partial charge in [-0.05, 0) is 43.7 Å². The highest BCUT2D eigenvalue weighted by molar-refractivity contribution is 7.19. The van der Waals surface area contributed by atoms with Crippen molar-refractivity contribution in [1.29, 1.82) is 0 Å². The molecule has 1 aromatic heterocycles. The molecular formula is C24H28O5S. The van der Waals surface area contributed by atoms with Gasteiger partial charge in [0.2, 0.25) is 0 Å².